The van der Waals surface area contributed by atoms with E-state index in [4.69, 9.17) is 9.47 Å². The van der Waals surface area contributed by atoms with Crippen LogP contribution in [0.25, 0.3) is 0 Å². The van der Waals surface area contributed by atoms with Crippen LogP contribution in [0, 0.1) is 0 Å². The van der Waals surface area contributed by atoms with Gasteiger partial charge in [0.25, 0.3) is 0 Å². The lowest BCUT2D eigenvalue weighted by Crippen LogP contribution is -2.23. The summed E-state index contributed by atoms with van der Waals surface area (Å²) in [5.41, 5.74) is 0.816. The third-order valence-corrected chi connectivity index (χ3v) is 2.43. The SMILES string of the molecule is COc1ccc(CCCC(=O)OC(C)(C)C)cc1. The van der Waals surface area contributed by atoms with Gasteiger partial charge in [-0.1, -0.05) is 12.1 Å². The van der Waals surface area contributed by atoms with Crippen LogP contribution < -0.4 is 4.74 Å². The number of hydrogen-bond donors (Lipinski definition) is 0. The summed E-state index contributed by atoms with van der Waals surface area (Å²) in [5, 5.41) is 0. The van der Waals surface area contributed by atoms with Gasteiger partial charge < -0.3 is 9.47 Å². The first-order valence-electron chi connectivity index (χ1n) is 6.25. The minimum Gasteiger partial charge on any atom is -0.497 e. The predicted octanol–water partition coefficient (Wildman–Crippen LogP) is 3.36. The normalized spacial score (nSPS) is 11.1. The largest absolute Gasteiger partial charge is 0.497 e. The van der Waals surface area contributed by atoms with E-state index in [0.29, 0.717) is 6.42 Å². The van der Waals surface area contributed by atoms with Gasteiger partial charge in [0.2, 0.25) is 0 Å². The Kier molecular flexibility index (Phi) is 5.20. The fourth-order valence-corrected chi connectivity index (χ4v) is 1.62. The highest BCUT2D eigenvalue weighted by Crippen LogP contribution is 2.14. The molecule has 3 nitrogen and oxygen atoms in total. The molecule has 0 heterocycles. The van der Waals surface area contributed by atoms with E-state index in [2.05, 4.69) is 0 Å². The van der Waals surface area contributed by atoms with E-state index < -0.39 is 5.60 Å². The minimum atomic E-state index is -0.392. The first-order chi connectivity index (χ1) is 8.40. The van der Waals surface area contributed by atoms with Crippen molar-refractivity contribution in [2.75, 3.05) is 7.11 Å². The Labute approximate surface area is 109 Å². The number of aryl methyl sites for hydroxylation is 1. The first-order valence-corrected chi connectivity index (χ1v) is 6.25. The van der Waals surface area contributed by atoms with Gasteiger partial charge in [0.05, 0.1) is 7.11 Å². The molecule has 0 spiro atoms. The van der Waals surface area contributed by atoms with Gasteiger partial charge in [0, 0.05) is 6.42 Å². The fraction of sp³-hybridized carbons (Fsp3) is 0.533. The van der Waals surface area contributed by atoms with E-state index in [1.807, 2.05) is 45.0 Å². The summed E-state index contributed by atoms with van der Waals surface area (Å²) in [6, 6.07) is 7.91. The zero-order chi connectivity index (χ0) is 13.6. The molecule has 0 aromatic heterocycles. The molecule has 0 N–H and O–H groups in total. The summed E-state index contributed by atoms with van der Waals surface area (Å²) in [6.07, 6.45) is 2.15. The molecule has 0 bridgehead atoms. The zero-order valence-corrected chi connectivity index (χ0v) is 11.7. The standard InChI is InChI=1S/C15H22O3/c1-15(2,3)18-14(16)7-5-6-12-8-10-13(17-4)11-9-12/h8-11H,5-7H2,1-4H3. The van der Waals surface area contributed by atoms with Crippen molar-refractivity contribution >= 4 is 5.97 Å². The second-order valence-electron chi connectivity index (χ2n) is 5.29. The molecule has 0 aliphatic carbocycles. The van der Waals surface area contributed by atoms with Crippen LogP contribution in [0.15, 0.2) is 24.3 Å². The van der Waals surface area contributed by atoms with Gasteiger partial charge in [-0.25, -0.2) is 0 Å². The van der Waals surface area contributed by atoms with Gasteiger partial charge >= 0.3 is 5.97 Å². The molecule has 0 aliphatic rings. The van der Waals surface area contributed by atoms with Crippen molar-refractivity contribution in [1.29, 1.82) is 0 Å². The second-order valence-corrected chi connectivity index (χ2v) is 5.29. The van der Waals surface area contributed by atoms with Crippen LogP contribution in [0.1, 0.15) is 39.2 Å². The van der Waals surface area contributed by atoms with Crippen molar-refractivity contribution in [2.24, 2.45) is 0 Å². The molecule has 1 rings (SSSR count). The summed E-state index contributed by atoms with van der Waals surface area (Å²) in [5.74, 6) is 0.724. The Balaban J connectivity index is 2.30. The number of benzene rings is 1. The third-order valence-electron chi connectivity index (χ3n) is 2.43. The highest BCUT2D eigenvalue weighted by atomic mass is 16.6. The van der Waals surface area contributed by atoms with Crippen LogP contribution in [0.4, 0.5) is 0 Å². The molecular weight excluding hydrogens is 228 g/mol. The predicted molar refractivity (Wildman–Crippen MR) is 71.8 cm³/mol. The minimum absolute atomic E-state index is 0.129. The van der Waals surface area contributed by atoms with Gasteiger partial charge in [-0.15, -0.1) is 0 Å². The Hall–Kier alpha value is -1.51. The number of carbonyl (C=O) groups is 1. The molecule has 0 fully saturated rings. The maximum Gasteiger partial charge on any atom is 0.306 e. The number of hydrogen-bond acceptors (Lipinski definition) is 3. The average molecular weight is 250 g/mol. The summed E-state index contributed by atoms with van der Waals surface area (Å²) in [4.78, 5) is 11.5. The van der Waals surface area contributed by atoms with Crippen molar-refractivity contribution in [3.63, 3.8) is 0 Å². The Morgan fingerprint density at radius 3 is 2.28 bits per heavy atom. The lowest BCUT2D eigenvalue weighted by Gasteiger charge is -2.19. The van der Waals surface area contributed by atoms with Crippen LogP contribution in [-0.2, 0) is 16.0 Å². The van der Waals surface area contributed by atoms with Crippen molar-refractivity contribution in [3.8, 4) is 5.75 Å². The van der Waals surface area contributed by atoms with E-state index in [9.17, 15) is 4.79 Å². The van der Waals surface area contributed by atoms with Gasteiger partial charge in [-0.05, 0) is 51.3 Å². The van der Waals surface area contributed by atoms with Gasteiger partial charge in [0.1, 0.15) is 11.4 Å². The molecule has 1 aromatic carbocycles. The summed E-state index contributed by atoms with van der Waals surface area (Å²) in [7, 11) is 1.65. The quantitative estimate of drug-likeness (QED) is 0.752. The molecule has 0 saturated heterocycles. The van der Waals surface area contributed by atoms with E-state index in [-0.39, 0.29) is 5.97 Å². The van der Waals surface area contributed by atoms with Gasteiger partial charge in [-0.3, -0.25) is 4.79 Å². The number of esters is 1. The molecule has 0 radical (unpaired) electrons. The summed E-state index contributed by atoms with van der Waals surface area (Å²) in [6.45, 7) is 5.65. The second kappa shape index (κ2) is 6.43. The zero-order valence-electron chi connectivity index (χ0n) is 11.7. The number of rotatable bonds is 5. The third kappa shape index (κ3) is 5.71. The fourth-order valence-electron chi connectivity index (χ4n) is 1.62. The Bertz CT molecular complexity index is 374. The molecule has 18 heavy (non-hydrogen) atoms. The Morgan fingerprint density at radius 2 is 1.78 bits per heavy atom. The van der Waals surface area contributed by atoms with Gasteiger partial charge in [-0.2, -0.15) is 0 Å². The molecule has 0 unspecified atom stereocenters. The Morgan fingerprint density at radius 1 is 1.17 bits per heavy atom. The van der Waals surface area contributed by atoms with Crippen LogP contribution in [-0.4, -0.2) is 18.7 Å². The van der Waals surface area contributed by atoms with Crippen LogP contribution in [0.5, 0.6) is 5.75 Å². The molecule has 0 atom stereocenters. The highest BCUT2D eigenvalue weighted by Gasteiger charge is 2.15. The van der Waals surface area contributed by atoms with Crippen LogP contribution in [0.3, 0.4) is 0 Å². The number of ether oxygens (including phenoxy) is 2. The molecule has 0 amide bonds. The summed E-state index contributed by atoms with van der Waals surface area (Å²) >= 11 is 0. The lowest BCUT2D eigenvalue weighted by atomic mass is 10.1. The van der Waals surface area contributed by atoms with E-state index in [1.165, 1.54) is 5.56 Å². The molecular formula is C15H22O3. The van der Waals surface area contributed by atoms with E-state index in [1.54, 1.807) is 7.11 Å². The topological polar surface area (TPSA) is 35.5 Å². The van der Waals surface area contributed by atoms with E-state index in [0.717, 1.165) is 18.6 Å². The molecule has 1 aromatic rings. The number of methoxy groups -OCH3 is 1. The monoisotopic (exact) mass is 250 g/mol. The smallest absolute Gasteiger partial charge is 0.306 e. The maximum absolute atomic E-state index is 11.5. The first kappa shape index (κ1) is 14.6. The lowest BCUT2D eigenvalue weighted by molar-refractivity contribution is -0.154. The maximum atomic E-state index is 11.5. The number of carbonyl (C=O) groups excluding carboxylic acids is 1. The highest BCUT2D eigenvalue weighted by molar-refractivity contribution is 5.69. The molecule has 0 aliphatic heterocycles. The van der Waals surface area contributed by atoms with Crippen LogP contribution >= 0.6 is 0 Å². The molecule has 0 saturated carbocycles. The van der Waals surface area contributed by atoms with Crippen LogP contribution in [0.2, 0.25) is 0 Å². The summed E-state index contributed by atoms with van der Waals surface area (Å²) < 4.78 is 10.3. The average Bonchev–Trinajstić information content (AvgIpc) is 2.27. The van der Waals surface area contributed by atoms with Crippen molar-refractivity contribution in [2.45, 2.75) is 45.6 Å². The van der Waals surface area contributed by atoms with Crippen molar-refractivity contribution in [1.82, 2.24) is 0 Å². The molecule has 3 heteroatoms. The van der Waals surface area contributed by atoms with Crippen molar-refractivity contribution < 1.29 is 14.3 Å². The molecule has 100 valence electrons. The van der Waals surface area contributed by atoms with Crippen molar-refractivity contribution in [3.05, 3.63) is 29.8 Å². The van der Waals surface area contributed by atoms with E-state index >= 15 is 0 Å². The van der Waals surface area contributed by atoms with Gasteiger partial charge in [0.15, 0.2) is 0 Å².